The Hall–Kier alpha value is -1.52. The minimum Gasteiger partial charge on any atom is -0.489 e. The lowest BCUT2D eigenvalue weighted by atomic mass is 10.1. The molecule has 1 heterocycles. The van der Waals surface area contributed by atoms with Gasteiger partial charge >= 0.3 is 0 Å². The molecule has 1 atom stereocenters. The number of nitrogens with two attached hydrogens (primary N) is 1. The summed E-state index contributed by atoms with van der Waals surface area (Å²) in [4.78, 5) is 14.3. The van der Waals surface area contributed by atoms with Gasteiger partial charge in [0.2, 0.25) is 0 Å². The van der Waals surface area contributed by atoms with Crippen molar-refractivity contribution >= 4 is 18.3 Å². The number of hydrogen-bond donors (Lipinski definition) is 1. The quantitative estimate of drug-likeness (QED) is 0.847. The van der Waals surface area contributed by atoms with E-state index in [4.69, 9.17) is 10.5 Å². The van der Waals surface area contributed by atoms with Gasteiger partial charge in [-0.1, -0.05) is 24.8 Å². The zero-order valence-electron chi connectivity index (χ0n) is 11.5. The second kappa shape index (κ2) is 7.92. The largest absolute Gasteiger partial charge is 0.489 e. The number of nitrogens with zero attached hydrogens (tertiary/aromatic N) is 1. The minimum atomic E-state index is 0. The number of carbonyl (C=O) groups excluding carboxylic acids is 1. The van der Waals surface area contributed by atoms with Gasteiger partial charge in [-0.3, -0.25) is 4.79 Å². The van der Waals surface area contributed by atoms with Crippen molar-refractivity contribution in [2.45, 2.75) is 6.42 Å². The summed E-state index contributed by atoms with van der Waals surface area (Å²) in [6.07, 6.45) is 2.65. The van der Waals surface area contributed by atoms with Crippen LogP contribution in [0.4, 0.5) is 0 Å². The average Bonchev–Trinajstić information content (AvgIpc) is 2.93. The number of para-hydroxylation sites is 1. The maximum atomic E-state index is 12.5. The van der Waals surface area contributed by atoms with Crippen molar-refractivity contribution in [2.75, 3.05) is 26.2 Å². The maximum absolute atomic E-state index is 12.5. The molecule has 4 nitrogen and oxygen atoms in total. The highest BCUT2D eigenvalue weighted by Crippen LogP contribution is 2.23. The summed E-state index contributed by atoms with van der Waals surface area (Å²) in [5.74, 6) is 1.06. The molecule has 1 fully saturated rings. The molecule has 20 heavy (non-hydrogen) atoms. The summed E-state index contributed by atoms with van der Waals surface area (Å²) in [6.45, 7) is 6.17. The van der Waals surface area contributed by atoms with Crippen LogP contribution in [0.2, 0.25) is 0 Å². The van der Waals surface area contributed by atoms with Gasteiger partial charge in [0.05, 0.1) is 5.56 Å². The molecule has 0 bridgehead atoms. The first-order valence-corrected chi connectivity index (χ1v) is 6.58. The molecule has 1 amide bonds. The predicted octanol–water partition coefficient (Wildman–Crippen LogP) is 2.09. The standard InChI is InChI=1S/C15H20N2O2.ClH/c1-2-9-19-14-6-4-3-5-13(14)15(18)17-8-7-12(10-16)11-17;/h2-6,12H,1,7-11,16H2;1H. The molecule has 1 aliphatic heterocycles. The molecule has 2 N–H and O–H groups in total. The van der Waals surface area contributed by atoms with Crippen molar-refractivity contribution in [2.24, 2.45) is 11.7 Å². The number of ether oxygens (including phenoxy) is 1. The molecule has 0 radical (unpaired) electrons. The molecule has 0 aliphatic carbocycles. The number of benzene rings is 1. The van der Waals surface area contributed by atoms with Crippen molar-refractivity contribution in [1.82, 2.24) is 4.90 Å². The van der Waals surface area contributed by atoms with Crippen LogP contribution < -0.4 is 10.5 Å². The van der Waals surface area contributed by atoms with Gasteiger partial charge in [0.1, 0.15) is 12.4 Å². The van der Waals surface area contributed by atoms with Gasteiger partial charge in [0.25, 0.3) is 5.91 Å². The van der Waals surface area contributed by atoms with Crippen LogP contribution in [0.3, 0.4) is 0 Å². The van der Waals surface area contributed by atoms with Crippen LogP contribution in [0.5, 0.6) is 5.75 Å². The average molecular weight is 297 g/mol. The molecule has 1 aromatic rings. The summed E-state index contributed by atoms with van der Waals surface area (Å²) in [5.41, 5.74) is 6.27. The minimum absolute atomic E-state index is 0. The Balaban J connectivity index is 0.00000200. The van der Waals surface area contributed by atoms with Gasteiger partial charge in [-0.05, 0) is 31.0 Å². The second-order valence-corrected chi connectivity index (χ2v) is 4.74. The molecular formula is C15H21ClN2O2. The first kappa shape index (κ1) is 16.5. The first-order valence-electron chi connectivity index (χ1n) is 6.58. The van der Waals surface area contributed by atoms with E-state index in [1.54, 1.807) is 12.1 Å². The highest BCUT2D eigenvalue weighted by Gasteiger charge is 2.27. The van der Waals surface area contributed by atoms with Gasteiger partial charge in [0, 0.05) is 13.1 Å². The summed E-state index contributed by atoms with van der Waals surface area (Å²) >= 11 is 0. The van der Waals surface area contributed by atoms with Crippen LogP contribution in [-0.4, -0.2) is 37.0 Å². The van der Waals surface area contributed by atoms with Crippen LogP contribution in [0, 0.1) is 5.92 Å². The third-order valence-corrected chi connectivity index (χ3v) is 3.38. The first-order chi connectivity index (χ1) is 9.26. The molecule has 1 saturated heterocycles. The van der Waals surface area contributed by atoms with Crippen molar-refractivity contribution in [3.63, 3.8) is 0 Å². The molecule has 1 aromatic carbocycles. The number of likely N-dealkylation sites (tertiary alicyclic amines) is 1. The van der Waals surface area contributed by atoms with Crippen molar-refractivity contribution < 1.29 is 9.53 Å². The van der Waals surface area contributed by atoms with Gasteiger partial charge < -0.3 is 15.4 Å². The Bertz CT molecular complexity index is 465. The number of amides is 1. The van der Waals surface area contributed by atoms with E-state index in [2.05, 4.69) is 6.58 Å². The Kier molecular flexibility index (Phi) is 6.55. The van der Waals surface area contributed by atoms with E-state index >= 15 is 0 Å². The van der Waals surface area contributed by atoms with Crippen LogP contribution >= 0.6 is 12.4 Å². The smallest absolute Gasteiger partial charge is 0.257 e. The number of hydrogen-bond acceptors (Lipinski definition) is 3. The number of rotatable bonds is 5. The lowest BCUT2D eigenvalue weighted by molar-refractivity contribution is 0.0784. The fourth-order valence-electron chi connectivity index (χ4n) is 2.30. The fourth-order valence-corrected chi connectivity index (χ4v) is 2.30. The summed E-state index contributed by atoms with van der Waals surface area (Å²) in [5, 5.41) is 0. The molecule has 0 spiro atoms. The van der Waals surface area contributed by atoms with Gasteiger partial charge in [-0.15, -0.1) is 12.4 Å². The third kappa shape index (κ3) is 3.74. The fraction of sp³-hybridized carbons (Fsp3) is 0.400. The van der Waals surface area contributed by atoms with Crippen molar-refractivity contribution in [3.8, 4) is 5.75 Å². The van der Waals surface area contributed by atoms with E-state index < -0.39 is 0 Å². The van der Waals surface area contributed by atoms with Crippen molar-refractivity contribution in [3.05, 3.63) is 42.5 Å². The van der Waals surface area contributed by atoms with Crippen LogP contribution in [0.25, 0.3) is 0 Å². The normalized spacial score (nSPS) is 17.4. The molecule has 0 saturated carbocycles. The highest BCUT2D eigenvalue weighted by molar-refractivity contribution is 5.97. The monoisotopic (exact) mass is 296 g/mol. The van der Waals surface area contributed by atoms with Crippen LogP contribution in [-0.2, 0) is 0 Å². The molecular weight excluding hydrogens is 276 g/mol. The Morgan fingerprint density at radius 2 is 2.25 bits per heavy atom. The second-order valence-electron chi connectivity index (χ2n) is 4.74. The third-order valence-electron chi connectivity index (χ3n) is 3.38. The Morgan fingerprint density at radius 3 is 2.90 bits per heavy atom. The maximum Gasteiger partial charge on any atom is 0.257 e. The van der Waals surface area contributed by atoms with Gasteiger partial charge in [0.15, 0.2) is 0 Å². The van der Waals surface area contributed by atoms with E-state index in [1.165, 1.54) is 0 Å². The Labute approximate surface area is 126 Å². The number of carbonyl (C=O) groups is 1. The van der Waals surface area contributed by atoms with Gasteiger partial charge in [-0.25, -0.2) is 0 Å². The zero-order valence-corrected chi connectivity index (χ0v) is 12.3. The molecule has 5 heteroatoms. The van der Waals surface area contributed by atoms with Crippen LogP contribution in [0.1, 0.15) is 16.8 Å². The summed E-state index contributed by atoms with van der Waals surface area (Å²) in [7, 11) is 0. The van der Waals surface area contributed by atoms with E-state index in [1.807, 2.05) is 23.1 Å². The zero-order chi connectivity index (χ0) is 13.7. The molecule has 0 aromatic heterocycles. The molecule has 110 valence electrons. The topological polar surface area (TPSA) is 55.6 Å². The predicted molar refractivity (Wildman–Crippen MR) is 82.4 cm³/mol. The highest BCUT2D eigenvalue weighted by atomic mass is 35.5. The number of halogens is 1. The SMILES string of the molecule is C=CCOc1ccccc1C(=O)N1CCC(CN)C1.Cl. The van der Waals surface area contributed by atoms with E-state index in [-0.39, 0.29) is 18.3 Å². The Morgan fingerprint density at radius 1 is 1.50 bits per heavy atom. The van der Waals surface area contributed by atoms with E-state index in [0.29, 0.717) is 30.4 Å². The molecule has 1 aliphatic rings. The van der Waals surface area contributed by atoms with Crippen molar-refractivity contribution in [1.29, 1.82) is 0 Å². The summed E-state index contributed by atoms with van der Waals surface area (Å²) in [6, 6.07) is 7.33. The molecule has 2 rings (SSSR count). The van der Waals surface area contributed by atoms with Crippen LogP contribution in [0.15, 0.2) is 36.9 Å². The van der Waals surface area contributed by atoms with Gasteiger partial charge in [-0.2, -0.15) is 0 Å². The lowest BCUT2D eigenvalue weighted by Gasteiger charge is -2.18. The lowest BCUT2D eigenvalue weighted by Crippen LogP contribution is -2.30. The van der Waals surface area contributed by atoms with E-state index in [0.717, 1.165) is 19.5 Å². The molecule has 1 unspecified atom stereocenters. The van der Waals surface area contributed by atoms with E-state index in [9.17, 15) is 4.79 Å². The summed E-state index contributed by atoms with van der Waals surface area (Å²) < 4.78 is 5.53.